The van der Waals surface area contributed by atoms with Gasteiger partial charge in [0.05, 0.1) is 52.4 Å². The molecule has 0 fully saturated rings. The molecule has 0 bridgehead atoms. The zero-order valence-electron chi connectivity index (χ0n) is 18.7. The summed E-state index contributed by atoms with van der Waals surface area (Å²) >= 11 is 0. The van der Waals surface area contributed by atoms with Gasteiger partial charge in [-0.05, 0) is 30.7 Å². The molecule has 172 valence electrons. The molecule has 30 heavy (non-hydrogen) atoms. The van der Waals surface area contributed by atoms with Gasteiger partial charge >= 0.3 is 5.97 Å². The number of nitrogens with zero attached hydrogens (tertiary/aromatic N) is 1. The Labute approximate surface area is 181 Å². The summed E-state index contributed by atoms with van der Waals surface area (Å²) in [5.74, 6) is -0.365. The lowest BCUT2D eigenvalue weighted by atomic mass is 10.1. The Morgan fingerprint density at radius 3 is 2.23 bits per heavy atom. The first kappa shape index (κ1) is 26.2. The van der Waals surface area contributed by atoms with Gasteiger partial charge in [0.1, 0.15) is 5.75 Å². The van der Waals surface area contributed by atoms with Crippen LogP contribution in [0.3, 0.4) is 0 Å². The molecule has 8 nitrogen and oxygen atoms in total. The maximum absolute atomic E-state index is 12.4. The summed E-state index contributed by atoms with van der Waals surface area (Å²) in [4.78, 5) is 11.1. The lowest BCUT2D eigenvalue weighted by Gasteiger charge is -2.29. The molecule has 3 N–H and O–H groups in total. The van der Waals surface area contributed by atoms with E-state index >= 15 is 0 Å². The van der Waals surface area contributed by atoms with Gasteiger partial charge in [0.25, 0.3) is 10.2 Å². The van der Waals surface area contributed by atoms with Gasteiger partial charge in [0.15, 0.2) is 0 Å². The van der Waals surface area contributed by atoms with Crippen LogP contribution in [0.4, 0.5) is 5.69 Å². The second-order valence-electron chi connectivity index (χ2n) is 8.63. The van der Waals surface area contributed by atoms with Crippen molar-refractivity contribution in [1.29, 1.82) is 0 Å². The summed E-state index contributed by atoms with van der Waals surface area (Å²) in [5, 5.41) is 9.06. The largest absolute Gasteiger partial charge is 0.494 e. The van der Waals surface area contributed by atoms with Gasteiger partial charge < -0.3 is 14.3 Å². The third-order valence-corrected chi connectivity index (χ3v) is 5.53. The molecule has 1 rings (SSSR count). The Morgan fingerprint density at radius 2 is 1.67 bits per heavy atom. The zero-order chi connectivity index (χ0) is 22.6. The van der Waals surface area contributed by atoms with Crippen molar-refractivity contribution in [2.75, 3.05) is 39.0 Å². The number of benzene rings is 1. The standard InChI is InChI=1S/C21H37N3O5S/c1-5-6-7-8-9-10-15-29-20-13-11-18(12-14-20)22-30(27,28)23-19(16-21(25)26)17-24(2,3)4/h11-14,19,22-23H,5-10,15-17H2,1-4H3/p+1. The molecule has 0 aliphatic rings. The monoisotopic (exact) mass is 444 g/mol. The minimum atomic E-state index is -3.91. The summed E-state index contributed by atoms with van der Waals surface area (Å²) in [6.07, 6.45) is 6.86. The second-order valence-corrected chi connectivity index (χ2v) is 10.1. The molecule has 0 heterocycles. The van der Waals surface area contributed by atoms with Crippen molar-refractivity contribution in [1.82, 2.24) is 4.72 Å². The van der Waals surface area contributed by atoms with Crippen LogP contribution in [0.5, 0.6) is 5.75 Å². The summed E-state index contributed by atoms with van der Waals surface area (Å²) in [5.41, 5.74) is 0.383. The van der Waals surface area contributed by atoms with Gasteiger partial charge in [-0.1, -0.05) is 39.0 Å². The fraction of sp³-hybridized carbons (Fsp3) is 0.667. The van der Waals surface area contributed by atoms with Gasteiger partial charge in [-0.3, -0.25) is 9.52 Å². The minimum Gasteiger partial charge on any atom is -0.494 e. The Kier molecular flexibility index (Phi) is 11.1. The molecule has 1 unspecified atom stereocenters. The van der Waals surface area contributed by atoms with Gasteiger partial charge in [-0.25, -0.2) is 0 Å². The van der Waals surface area contributed by atoms with E-state index in [-0.39, 0.29) is 6.42 Å². The highest BCUT2D eigenvalue weighted by Crippen LogP contribution is 2.17. The highest BCUT2D eigenvalue weighted by atomic mass is 32.2. The van der Waals surface area contributed by atoms with E-state index in [1.165, 1.54) is 25.7 Å². The number of anilines is 1. The van der Waals surface area contributed by atoms with Crippen molar-refractivity contribution in [3.63, 3.8) is 0 Å². The number of aliphatic carboxylic acids is 1. The van der Waals surface area contributed by atoms with Crippen LogP contribution in [0.2, 0.25) is 0 Å². The molecule has 0 aliphatic carbocycles. The molecule has 1 atom stereocenters. The summed E-state index contributed by atoms with van der Waals surface area (Å²) in [7, 11) is 1.72. The Morgan fingerprint density at radius 1 is 1.07 bits per heavy atom. The predicted octanol–water partition coefficient (Wildman–Crippen LogP) is 3.22. The quantitative estimate of drug-likeness (QED) is 0.268. The van der Waals surface area contributed by atoms with Crippen LogP contribution in [0.25, 0.3) is 0 Å². The van der Waals surface area contributed by atoms with E-state index < -0.39 is 22.2 Å². The number of likely N-dealkylation sites (N-methyl/N-ethyl adjacent to an activating group) is 1. The number of quaternary nitrogens is 1. The predicted molar refractivity (Wildman–Crippen MR) is 120 cm³/mol. The molecule has 0 radical (unpaired) electrons. The van der Waals surface area contributed by atoms with E-state index in [4.69, 9.17) is 9.84 Å². The molecule has 0 saturated heterocycles. The third-order valence-electron chi connectivity index (χ3n) is 4.38. The fourth-order valence-electron chi connectivity index (χ4n) is 3.11. The van der Waals surface area contributed by atoms with Crippen molar-refractivity contribution in [3.8, 4) is 5.75 Å². The smallest absolute Gasteiger partial charge is 0.305 e. The van der Waals surface area contributed by atoms with Crippen molar-refractivity contribution < 1.29 is 27.5 Å². The fourth-order valence-corrected chi connectivity index (χ4v) is 4.21. The second kappa shape index (κ2) is 12.8. The molecule has 1 aromatic carbocycles. The van der Waals surface area contributed by atoms with Gasteiger partial charge in [0.2, 0.25) is 0 Å². The van der Waals surface area contributed by atoms with Crippen molar-refractivity contribution in [2.24, 2.45) is 0 Å². The molecular formula is C21H38N3O5S+. The van der Waals surface area contributed by atoms with Crippen LogP contribution in [0.15, 0.2) is 24.3 Å². The van der Waals surface area contributed by atoms with Crippen LogP contribution in [-0.2, 0) is 15.0 Å². The lowest BCUT2D eigenvalue weighted by molar-refractivity contribution is -0.871. The molecule has 0 aromatic heterocycles. The summed E-state index contributed by atoms with van der Waals surface area (Å²) in [6.45, 7) is 3.18. The first-order chi connectivity index (χ1) is 14.0. The van der Waals surface area contributed by atoms with Gasteiger partial charge in [0, 0.05) is 0 Å². The summed E-state index contributed by atoms with van der Waals surface area (Å²) < 4.78 is 35.9. The van der Waals surface area contributed by atoms with E-state index in [0.717, 1.165) is 12.8 Å². The van der Waals surface area contributed by atoms with Crippen LogP contribution in [-0.4, -0.2) is 64.3 Å². The first-order valence-corrected chi connectivity index (χ1v) is 12.0. The molecule has 0 spiro atoms. The van der Waals surface area contributed by atoms with E-state index in [0.29, 0.717) is 29.1 Å². The van der Waals surface area contributed by atoms with Crippen LogP contribution in [0, 0.1) is 0 Å². The topological polar surface area (TPSA) is 105 Å². The SMILES string of the molecule is CCCCCCCCOc1ccc(NS(=O)(=O)NC(CC(=O)O)C[N+](C)(C)C)cc1. The number of carbonyl (C=O) groups is 1. The van der Waals surface area contributed by atoms with Gasteiger partial charge in [-0.2, -0.15) is 13.1 Å². The van der Waals surface area contributed by atoms with Gasteiger partial charge in [-0.15, -0.1) is 0 Å². The summed E-state index contributed by atoms with van der Waals surface area (Å²) in [6, 6.07) is 5.97. The Balaban J connectivity index is 2.53. The third kappa shape index (κ3) is 12.7. The number of rotatable bonds is 16. The average molecular weight is 445 g/mol. The van der Waals surface area contributed by atoms with Crippen molar-refractivity contribution in [3.05, 3.63) is 24.3 Å². The Hall–Kier alpha value is -1.84. The number of unbranched alkanes of at least 4 members (excludes halogenated alkanes) is 5. The average Bonchev–Trinajstić information content (AvgIpc) is 2.59. The highest BCUT2D eigenvalue weighted by Gasteiger charge is 2.25. The molecule has 0 aliphatic heterocycles. The number of hydrogen-bond acceptors (Lipinski definition) is 4. The molecule has 1 aromatic rings. The number of nitrogens with one attached hydrogen (secondary N) is 2. The van der Waals surface area contributed by atoms with E-state index in [1.807, 2.05) is 21.1 Å². The highest BCUT2D eigenvalue weighted by molar-refractivity contribution is 7.90. The van der Waals surface area contributed by atoms with Crippen LogP contribution in [0.1, 0.15) is 51.9 Å². The maximum atomic E-state index is 12.4. The van der Waals surface area contributed by atoms with Crippen molar-refractivity contribution in [2.45, 2.75) is 57.9 Å². The number of carboxylic acids is 1. The zero-order valence-corrected chi connectivity index (χ0v) is 19.5. The molecule has 9 heteroatoms. The molecular weight excluding hydrogens is 406 g/mol. The Bertz CT molecular complexity index is 730. The normalized spacial score (nSPS) is 13.1. The van der Waals surface area contributed by atoms with Crippen LogP contribution >= 0.6 is 0 Å². The lowest BCUT2D eigenvalue weighted by Crippen LogP contribution is -2.50. The van der Waals surface area contributed by atoms with Crippen molar-refractivity contribution >= 4 is 21.9 Å². The van der Waals surface area contributed by atoms with E-state index in [2.05, 4.69) is 16.4 Å². The number of carboxylic acid groups (broad SMARTS) is 1. The number of ether oxygens (including phenoxy) is 1. The number of hydrogen-bond donors (Lipinski definition) is 3. The minimum absolute atomic E-state index is 0.290. The maximum Gasteiger partial charge on any atom is 0.305 e. The van der Waals surface area contributed by atoms with Crippen LogP contribution < -0.4 is 14.2 Å². The first-order valence-electron chi connectivity index (χ1n) is 10.6. The van der Waals surface area contributed by atoms with E-state index in [9.17, 15) is 13.2 Å². The van der Waals surface area contributed by atoms with E-state index in [1.54, 1.807) is 24.3 Å². The molecule has 0 saturated carbocycles. The molecule has 0 amide bonds.